The standard InChI is InChI=1S/C8H13BrN2/c1-6(2)3-8-7(4-9)5-10-11-8/h5-6H,3-4H2,1-2H3,(H,10,11). The molecule has 0 aliphatic carbocycles. The number of H-pyrrole nitrogens is 1. The zero-order valence-corrected chi connectivity index (χ0v) is 8.48. The van der Waals surface area contributed by atoms with Gasteiger partial charge in [-0.05, 0) is 12.3 Å². The third kappa shape index (κ3) is 2.33. The molecule has 0 aliphatic heterocycles. The van der Waals surface area contributed by atoms with Crippen LogP contribution in [0.15, 0.2) is 6.20 Å². The van der Waals surface area contributed by atoms with Gasteiger partial charge in [0, 0.05) is 16.6 Å². The highest BCUT2D eigenvalue weighted by atomic mass is 79.9. The van der Waals surface area contributed by atoms with Crippen LogP contribution < -0.4 is 0 Å². The second kappa shape index (κ2) is 3.90. The Morgan fingerprint density at radius 1 is 1.64 bits per heavy atom. The molecule has 0 fully saturated rings. The lowest BCUT2D eigenvalue weighted by Gasteiger charge is -2.02. The van der Waals surface area contributed by atoms with Crippen molar-refractivity contribution >= 4 is 15.9 Å². The molecule has 62 valence electrons. The summed E-state index contributed by atoms with van der Waals surface area (Å²) in [7, 11) is 0. The van der Waals surface area contributed by atoms with E-state index in [0.717, 1.165) is 11.8 Å². The van der Waals surface area contributed by atoms with Gasteiger partial charge in [0.25, 0.3) is 0 Å². The first-order valence-corrected chi connectivity index (χ1v) is 4.93. The van der Waals surface area contributed by atoms with Crippen LogP contribution in [0, 0.1) is 5.92 Å². The Labute approximate surface area is 75.5 Å². The van der Waals surface area contributed by atoms with E-state index in [4.69, 9.17) is 0 Å². The fourth-order valence-electron chi connectivity index (χ4n) is 1.04. The van der Waals surface area contributed by atoms with E-state index in [1.165, 1.54) is 11.3 Å². The third-order valence-corrected chi connectivity index (χ3v) is 2.17. The zero-order valence-electron chi connectivity index (χ0n) is 6.89. The van der Waals surface area contributed by atoms with Crippen molar-refractivity contribution in [3.05, 3.63) is 17.5 Å². The topological polar surface area (TPSA) is 28.7 Å². The van der Waals surface area contributed by atoms with Crippen molar-refractivity contribution in [1.29, 1.82) is 0 Å². The van der Waals surface area contributed by atoms with E-state index >= 15 is 0 Å². The minimum Gasteiger partial charge on any atom is -0.282 e. The Kier molecular flexibility index (Phi) is 3.12. The molecule has 1 N–H and O–H groups in total. The predicted octanol–water partition coefficient (Wildman–Crippen LogP) is 2.50. The van der Waals surface area contributed by atoms with Crippen molar-refractivity contribution in [2.75, 3.05) is 0 Å². The van der Waals surface area contributed by atoms with E-state index < -0.39 is 0 Å². The average molecular weight is 217 g/mol. The number of nitrogens with zero attached hydrogens (tertiary/aromatic N) is 1. The normalized spacial score (nSPS) is 10.9. The number of alkyl halides is 1. The van der Waals surface area contributed by atoms with Crippen molar-refractivity contribution in [1.82, 2.24) is 10.2 Å². The Morgan fingerprint density at radius 2 is 2.36 bits per heavy atom. The highest BCUT2D eigenvalue weighted by molar-refractivity contribution is 9.08. The minimum atomic E-state index is 0.688. The van der Waals surface area contributed by atoms with Crippen LogP contribution in [0.3, 0.4) is 0 Å². The second-order valence-corrected chi connectivity index (χ2v) is 3.67. The molecule has 0 aromatic carbocycles. The number of hydrogen-bond donors (Lipinski definition) is 1. The molecule has 1 aromatic rings. The number of halogens is 1. The van der Waals surface area contributed by atoms with Crippen molar-refractivity contribution in [3.63, 3.8) is 0 Å². The molecule has 0 radical (unpaired) electrons. The Balaban J connectivity index is 2.68. The summed E-state index contributed by atoms with van der Waals surface area (Å²) in [6.45, 7) is 4.41. The van der Waals surface area contributed by atoms with Gasteiger partial charge in [-0.3, -0.25) is 5.10 Å². The number of aromatic amines is 1. The molecule has 11 heavy (non-hydrogen) atoms. The van der Waals surface area contributed by atoms with E-state index in [1.807, 2.05) is 6.20 Å². The average Bonchev–Trinajstić information content (AvgIpc) is 2.34. The molecule has 0 saturated heterocycles. The first-order valence-electron chi connectivity index (χ1n) is 3.81. The van der Waals surface area contributed by atoms with E-state index in [-0.39, 0.29) is 0 Å². The van der Waals surface area contributed by atoms with Gasteiger partial charge >= 0.3 is 0 Å². The van der Waals surface area contributed by atoms with Gasteiger partial charge < -0.3 is 0 Å². The van der Waals surface area contributed by atoms with Crippen molar-refractivity contribution in [3.8, 4) is 0 Å². The monoisotopic (exact) mass is 216 g/mol. The Morgan fingerprint density at radius 3 is 2.91 bits per heavy atom. The van der Waals surface area contributed by atoms with Gasteiger partial charge in [0.1, 0.15) is 0 Å². The van der Waals surface area contributed by atoms with Crippen LogP contribution in [0.4, 0.5) is 0 Å². The van der Waals surface area contributed by atoms with Crippen molar-refractivity contribution in [2.45, 2.75) is 25.6 Å². The number of hydrogen-bond acceptors (Lipinski definition) is 1. The summed E-state index contributed by atoms with van der Waals surface area (Å²) < 4.78 is 0. The van der Waals surface area contributed by atoms with Gasteiger partial charge in [0.05, 0.1) is 6.20 Å². The SMILES string of the molecule is CC(C)Cc1[nH]ncc1CBr. The zero-order chi connectivity index (χ0) is 8.27. The van der Waals surface area contributed by atoms with E-state index in [0.29, 0.717) is 5.92 Å². The maximum absolute atomic E-state index is 3.99. The minimum absolute atomic E-state index is 0.688. The summed E-state index contributed by atoms with van der Waals surface area (Å²) in [6.07, 6.45) is 2.97. The van der Waals surface area contributed by atoms with Crippen LogP contribution in [0.5, 0.6) is 0 Å². The molecule has 0 unspecified atom stereocenters. The van der Waals surface area contributed by atoms with Gasteiger partial charge in [0.15, 0.2) is 0 Å². The lowest BCUT2D eigenvalue weighted by atomic mass is 10.1. The van der Waals surface area contributed by atoms with Crippen molar-refractivity contribution in [2.24, 2.45) is 5.92 Å². The molecule has 0 spiro atoms. The van der Waals surface area contributed by atoms with Gasteiger partial charge in [-0.15, -0.1) is 0 Å². The largest absolute Gasteiger partial charge is 0.282 e. The number of aromatic nitrogens is 2. The van der Waals surface area contributed by atoms with E-state index in [1.54, 1.807) is 0 Å². The summed E-state index contributed by atoms with van der Waals surface area (Å²) in [4.78, 5) is 0. The van der Waals surface area contributed by atoms with Crippen LogP contribution in [-0.2, 0) is 11.8 Å². The van der Waals surface area contributed by atoms with Crippen LogP contribution in [-0.4, -0.2) is 10.2 Å². The highest BCUT2D eigenvalue weighted by Crippen LogP contribution is 2.12. The fourth-order valence-corrected chi connectivity index (χ4v) is 1.52. The third-order valence-electron chi connectivity index (χ3n) is 1.56. The van der Waals surface area contributed by atoms with Crippen LogP contribution >= 0.6 is 15.9 Å². The maximum Gasteiger partial charge on any atom is 0.0530 e. The van der Waals surface area contributed by atoms with Gasteiger partial charge in [-0.2, -0.15) is 5.10 Å². The smallest absolute Gasteiger partial charge is 0.0530 e. The molecule has 1 rings (SSSR count). The van der Waals surface area contributed by atoms with E-state index in [9.17, 15) is 0 Å². The Hall–Kier alpha value is -0.310. The number of nitrogens with one attached hydrogen (secondary N) is 1. The summed E-state index contributed by atoms with van der Waals surface area (Å²) in [5.41, 5.74) is 2.54. The molecular formula is C8H13BrN2. The first kappa shape index (κ1) is 8.78. The fraction of sp³-hybridized carbons (Fsp3) is 0.625. The van der Waals surface area contributed by atoms with Crippen molar-refractivity contribution < 1.29 is 0 Å². The van der Waals surface area contributed by atoms with Gasteiger partial charge in [0.2, 0.25) is 0 Å². The molecular weight excluding hydrogens is 204 g/mol. The lowest BCUT2D eigenvalue weighted by molar-refractivity contribution is 0.631. The van der Waals surface area contributed by atoms with Crippen LogP contribution in [0.1, 0.15) is 25.1 Å². The molecule has 0 amide bonds. The molecule has 1 aromatic heterocycles. The summed E-state index contributed by atoms with van der Waals surface area (Å²) >= 11 is 3.42. The molecule has 0 bridgehead atoms. The lowest BCUT2D eigenvalue weighted by Crippen LogP contribution is -1.96. The molecule has 0 aliphatic rings. The molecule has 3 heteroatoms. The van der Waals surface area contributed by atoms with Gasteiger partial charge in [-0.1, -0.05) is 29.8 Å². The Bertz CT molecular complexity index is 218. The highest BCUT2D eigenvalue weighted by Gasteiger charge is 2.04. The van der Waals surface area contributed by atoms with Gasteiger partial charge in [-0.25, -0.2) is 0 Å². The predicted molar refractivity (Wildman–Crippen MR) is 49.8 cm³/mol. The molecule has 1 heterocycles. The summed E-state index contributed by atoms with van der Waals surface area (Å²) in [5.74, 6) is 0.688. The van der Waals surface area contributed by atoms with E-state index in [2.05, 4.69) is 40.0 Å². The van der Waals surface area contributed by atoms with Crippen LogP contribution in [0.2, 0.25) is 0 Å². The summed E-state index contributed by atoms with van der Waals surface area (Å²) in [5, 5.41) is 7.89. The second-order valence-electron chi connectivity index (χ2n) is 3.11. The summed E-state index contributed by atoms with van der Waals surface area (Å²) in [6, 6.07) is 0. The quantitative estimate of drug-likeness (QED) is 0.774. The molecule has 0 atom stereocenters. The van der Waals surface area contributed by atoms with Crippen LogP contribution in [0.25, 0.3) is 0 Å². The maximum atomic E-state index is 3.99. The molecule has 0 saturated carbocycles. The first-order chi connectivity index (χ1) is 5.24. The number of rotatable bonds is 3. The molecule has 2 nitrogen and oxygen atoms in total.